The molecule has 5 heteroatoms. The number of methoxy groups -OCH3 is 2. The van der Waals surface area contributed by atoms with Crippen molar-refractivity contribution in [2.75, 3.05) is 19.5 Å². The monoisotopic (exact) mass is 335 g/mol. The van der Waals surface area contributed by atoms with Gasteiger partial charge in [-0.1, -0.05) is 30.3 Å². The number of hydrogen-bond donors (Lipinski definition) is 1. The lowest BCUT2D eigenvalue weighted by molar-refractivity contribution is 0.408. The van der Waals surface area contributed by atoms with Gasteiger partial charge in [-0.05, 0) is 36.2 Å². The summed E-state index contributed by atoms with van der Waals surface area (Å²) in [5.41, 5.74) is 3.10. The summed E-state index contributed by atoms with van der Waals surface area (Å²) in [5, 5.41) is 3.41. The standard InChI is InChI=1S/C20H21N3O2/c1-14-12-21-20(22-13-14)23-19(15-8-10-16(24-2)11-9-15)17-6-4-5-7-18(17)25-3/h4-13,19H,1-3H3,(H,21,22,23). The third kappa shape index (κ3) is 3.88. The highest BCUT2D eigenvalue weighted by atomic mass is 16.5. The summed E-state index contributed by atoms with van der Waals surface area (Å²) in [6.07, 6.45) is 3.59. The highest BCUT2D eigenvalue weighted by Gasteiger charge is 2.19. The maximum absolute atomic E-state index is 5.54. The van der Waals surface area contributed by atoms with Crippen molar-refractivity contribution in [3.8, 4) is 11.5 Å². The average Bonchev–Trinajstić information content (AvgIpc) is 2.68. The molecule has 0 bridgehead atoms. The van der Waals surface area contributed by atoms with Gasteiger partial charge >= 0.3 is 0 Å². The summed E-state index contributed by atoms with van der Waals surface area (Å²) in [4.78, 5) is 8.74. The second-order valence-corrected chi connectivity index (χ2v) is 5.68. The molecule has 5 nitrogen and oxygen atoms in total. The van der Waals surface area contributed by atoms with Gasteiger partial charge < -0.3 is 14.8 Å². The van der Waals surface area contributed by atoms with Gasteiger partial charge in [0.25, 0.3) is 0 Å². The zero-order valence-electron chi connectivity index (χ0n) is 14.6. The van der Waals surface area contributed by atoms with Gasteiger partial charge in [0.1, 0.15) is 11.5 Å². The van der Waals surface area contributed by atoms with Crippen molar-refractivity contribution in [1.82, 2.24) is 9.97 Å². The predicted molar refractivity (Wildman–Crippen MR) is 98.2 cm³/mol. The number of aryl methyl sites for hydroxylation is 1. The summed E-state index contributed by atoms with van der Waals surface area (Å²) < 4.78 is 10.8. The van der Waals surface area contributed by atoms with Crippen LogP contribution in [-0.4, -0.2) is 24.2 Å². The lowest BCUT2D eigenvalue weighted by atomic mass is 9.97. The highest BCUT2D eigenvalue weighted by Crippen LogP contribution is 2.32. The maximum atomic E-state index is 5.54. The molecule has 0 amide bonds. The molecule has 0 aliphatic rings. The smallest absolute Gasteiger partial charge is 0.223 e. The Labute approximate surface area is 147 Å². The van der Waals surface area contributed by atoms with Gasteiger partial charge in [-0.3, -0.25) is 0 Å². The molecule has 0 radical (unpaired) electrons. The van der Waals surface area contributed by atoms with E-state index in [4.69, 9.17) is 9.47 Å². The third-order valence-corrected chi connectivity index (χ3v) is 3.95. The minimum Gasteiger partial charge on any atom is -0.497 e. The number of nitrogens with zero attached hydrogens (tertiary/aromatic N) is 2. The Kier molecular flexibility index (Phi) is 5.14. The molecule has 25 heavy (non-hydrogen) atoms. The minimum absolute atomic E-state index is 0.148. The minimum atomic E-state index is -0.148. The molecule has 3 rings (SSSR count). The maximum Gasteiger partial charge on any atom is 0.223 e. The Morgan fingerprint density at radius 1 is 0.880 bits per heavy atom. The summed E-state index contributed by atoms with van der Waals surface area (Å²) in [7, 11) is 3.33. The summed E-state index contributed by atoms with van der Waals surface area (Å²) in [6, 6.07) is 15.7. The summed E-state index contributed by atoms with van der Waals surface area (Å²) >= 11 is 0. The van der Waals surface area contributed by atoms with Crippen LogP contribution in [0.15, 0.2) is 60.9 Å². The lowest BCUT2D eigenvalue weighted by Gasteiger charge is -2.22. The Balaban J connectivity index is 2.01. The average molecular weight is 335 g/mol. The van der Waals surface area contributed by atoms with Gasteiger partial charge in [0.05, 0.1) is 20.3 Å². The van der Waals surface area contributed by atoms with E-state index in [0.29, 0.717) is 5.95 Å². The fourth-order valence-electron chi connectivity index (χ4n) is 2.64. The molecule has 0 saturated carbocycles. The van der Waals surface area contributed by atoms with E-state index in [1.807, 2.05) is 55.5 Å². The highest BCUT2D eigenvalue weighted by molar-refractivity contribution is 5.47. The number of hydrogen-bond acceptors (Lipinski definition) is 5. The van der Waals surface area contributed by atoms with Gasteiger partial charge in [0.2, 0.25) is 5.95 Å². The molecule has 128 valence electrons. The molecule has 0 aliphatic carbocycles. The van der Waals surface area contributed by atoms with E-state index in [9.17, 15) is 0 Å². The van der Waals surface area contributed by atoms with E-state index in [-0.39, 0.29) is 6.04 Å². The summed E-state index contributed by atoms with van der Waals surface area (Å²) in [5.74, 6) is 2.19. The van der Waals surface area contributed by atoms with Crippen LogP contribution in [0.3, 0.4) is 0 Å². The fourth-order valence-corrected chi connectivity index (χ4v) is 2.64. The zero-order chi connectivity index (χ0) is 17.6. The molecule has 0 fully saturated rings. The van der Waals surface area contributed by atoms with Crippen LogP contribution in [0.25, 0.3) is 0 Å². The van der Waals surface area contributed by atoms with E-state index < -0.39 is 0 Å². The van der Waals surface area contributed by atoms with E-state index in [2.05, 4.69) is 15.3 Å². The van der Waals surface area contributed by atoms with Crippen LogP contribution in [0, 0.1) is 6.92 Å². The number of para-hydroxylation sites is 1. The molecule has 0 spiro atoms. The van der Waals surface area contributed by atoms with Crippen LogP contribution in [-0.2, 0) is 0 Å². The molecule has 3 aromatic rings. The molecule has 1 unspecified atom stereocenters. The van der Waals surface area contributed by atoms with Crippen LogP contribution >= 0.6 is 0 Å². The van der Waals surface area contributed by atoms with Gasteiger partial charge in [0, 0.05) is 18.0 Å². The second kappa shape index (κ2) is 7.66. The first-order valence-electron chi connectivity index (χ1n) is 8.03. The zero-order valence-corrected chi connectivity index (χ0v) is 14.6. The van der Waals surface area contributed by atoms with E-state index in [0.717, 1.165) is 28.2 Å². The molecule has 1 heterocycles. The number of benzene rings is 2. The van der Waals surface area contributed by atoms with Crippen molar-refractivity contribution >= 4 is 5.95 Å². The first-order valence-corrected chi connectivity index (χ1v) is 8.03. The predicted octanol–water partition coefficient (Wildman–Crippen LogP) is 4.00. The lowest BCUT2D eigenvalue weighted by Crippen LogP contribution is -2.15. The number of aromatic nitrogens is 2. The topological polar surface area (TPSA) is 56.3 Å². The van der Waals surface area contributed by atoms with Crippen LogP contribution in [0.2, 0.25) is 0 Å². The van der Waals surface area contributed by atoms with Crippen molar-refractivity contribution in [1.29, 1.82) is 0 Å². The van der Waals surface area contributed by atoms with Crippen molar-refractivity contribution in [2.24, 2.45) is 0 Å². The number of anilines is 1. The number of nitrogens with one attached hydrogen (secondary N) is 1. The normalized spacial score (nSPS) is 11.6. The van der Waals surface area contributed by atoms with Crippen LogP contribution in [0.5, 0.6) is 11.5 Å². The Morgan fingerprint density at radius 2 is 1.56 bits per heavy atom. The Morgan fingerprint density at radius 3 is 2.20 bits per heavy atom. The molecule has 0 aliphatic heterocycles. The Bertz CT molecular complexity index is 817. The van der Waals surface area contributed by atoms with Crippen molar-refractivity contribution in [2.45, 2.75) is 13.0 Å². The van der Waals surface area contributed by atoms with Crippen LogP contribution < -0.4 is 14.8 Å². The van der Waals surface area contributed by atoms with Gasteiger partial charge in [0.15, 0.2) is 0 Å². The van der Waals surface area contributed by atoms with E-state index >= 15 is 0 Å². The van der Waals surface area contributed by atoms with Crippen molar-refractivity contribution in [3.05, 3.63) is 77.6 Å². The van der Waals surface area contributed by atoms with Gasteiger partial charge in [-0.25, -0.2) is 9.97 Å². The molecule has 1 aromatic heterocycles. The van der Waals surface area contributed by atoms with Crippen molar-refractivity contribution in [3.63, 3.8) is 0 Å². The largest absolute Gasteiger partial charge is 0.497 e. The second-order valence-electron chi connectivity index (χ2n) is 5.68. The molecule has 0 saturated heterocycles. The molecular weight excluding hydrogens is 314 g/mol. The quantitative estimate of drug-likeness (QED) is 0.738. The number of ether oxygens (including phenoxy) is 2. The number of rotatable bonds is 6. The van der Waals surface area contributed by atoms with Gasteiger partial charge in [-0.15, -0.1) is 0 Å². The summed E-state index contributed by atoms with van der Waals surface area (Å²) in [6.45, 7) is 1.96. The van der Waals surface area contributed by atoms with Crippen molar-refractivity contribution < 1.29 is 9.47 Å². The van der Waals surface area contributed by atoms with Crippen LogP contribution in [0.4, 0.5) is 5.95 Å². The first kappa shape index (κ1) is 16.8. The van der Waals surface area contributed by atoms with E-state index in [1.165, 1.54) is 0 Å². The Hall–Kier alpha value is -3.08. The third-order valence-electron chi connectivity index (χ3n) is 3.95. The first-order chi connectivity index (χ1) is 12.2. The van der Waals surface area contributed by atoms with E-state index in [1.54, 1.807) is 26.6 Å². The van der Waals surface area contributed by atoms with Crippen LogP contribution in [0.1, 0.15) is 22.7 Å². The molecular formula is C20H21N3O2. The SMILES string of the molecule is COc1ccc(C(Nc2ncc(C)cn2)c2ccccc2OC)cc1. The molecule has 1 N–H and O–H groups in total. The van der Waals surface area contributed by atoms with Gasteiger partial charge in [-0.2, -0.15) is 0 Å². The fraction of sp³-hybridized carbons (Fsp3) is 0.200. The molecule has 1 atom stereocenters. The molecule has 2 aromatic carbocycles.